The lowest BCUT2D eigenvalue weighted by Crippen LogP contribution is -2.33. The number of anilines is 2. The Labute approximate surface area is 163 Å². The number of para-hydroxylation sites is 2. The largest absolute Gasteiger partial charge is 0.340 e. The molecule has 0 aliphatic carbocycles. The van der Waals surface area contributed by atoms with Crippen LogP contribution in [0.4, 0.5) is 11.4 Å². The average Bonchev–Trinajstić information content (AvgIpc) is 2.65. The first-order valence-electron chi connectivity index (χ1n) is 9.14. The zero-order valence-electron chi connectivity index (χ0n) is 15.9. The van der Waals surface area contributed by atoms with E-state index in [1.807, 2.05) is 0 Å². The molecule has 3 nitrogen and oxygen atoms in total. The molecule has 3 aromatic rings. The molecule has 0 atom stereocenters. The highest BCUT2D eigenvalue weighted by atomic mass is 35.5. The molecule has 138 valence electrons. The van der Waals surface area contributed by atoms with Gasteiger partial charge in [-0.3, -0.25) is 4.98 Å². The van der Waals surface area contributed by atoms with E-state index in [9.17, 15) is 0 Å². The lowest BCUT2D eigenvalue weighted by molar-refractivity contribution is 0.312. The number of pyridine rings is 1. The molecular formula is C22H28ClN3. The Morgan fingerprint density at radius 3 is 2.19 bits per heavy atom. The van der Waals surface area contributed by atoms with Crippen molar-refractivity contribution < 1.29 is 0 Å². The number of aromatic nitrogens is 1. The second-order valence-electron chi connectivity index (χ2n) is 6.31. The molecule has 2 aromatic carbocycles. The van der Waals surface area contributed by atoms with Crippen LogP contribution in [0.15, 0.2) is 60.7 Å². The zero-order chi connectivity index (χ0) is 17.6. The first-order valence-corrected chi connectivity index (χ1v) is 9.14. The summed E-state index contributed by atoms with van der Waals surface area (Å²) in [6.07, 6.45) is 0. The number of hydrogen-bond acceptors (Lipinski definition) is 3. The first kappa shape index (κ1) is 20.2. The van der Waals surface area contributed by atoms with Crippen molar-refractivity contribution in [2.24, 2.45) is 0 Å². The molecule has 26 heavy (non-hydrogen) atoms. The second kappa shape index (κ2) is 9.56. The van der Waals surface area contributed by atoms with E-state index in [1.54, 1.807) is 0 Å². The molecule has 0 unspecified atom stereocenters. The summed E-state index contributed by atoms with van der Waals surface area (Å²) < 4.78 is 0. The molecule has 0 aliphatic heterocycles. The molecule has 3 rings (SSSR count). The fraction of sp³-hybridized carbons (Fsp3) is 0.318. The zero-order valence-corrected chi connectivity index (χ0v) is 16.7. The van der Waals surface area contributed by atoms with Crippen LogP contribution in [0, 0.1) is 6.92 Å². The van der Waals surface area contributed by atoms with Gasteiger partial charge in [-0.25, -0.2) is 0 Å². The topological polar surface area (TPSA) is 19.4 Å². The van der Waals surface area contributed by atoms with Gasteiger partial charge in [0.25, 0.3) is 0 Å². The molecule has 0 radical (unpaired) electrons. The Balaban J connectivity index is 0.00000243. The fourth-order valence-corrected chi connectivity index (χ4v) is 3.29. The predicted molar refractivity (Wildman–Crippen MR) is 115 cm³/mol. The molecule has 0 saturated heterocycles. The molecule has 4 heteroatoms. The van der Waals surface area contributed by atoms with E-state index < -0.39 is 0 Å². The van der Waals surface area contributed by atoms with Crippen LogP contribution < -0.4 is 4.90 Å². The van der Waals surface area contributed by atoms with Gasteiger partial charge in [-0.1, -0.05) is 50.2 Å². The van der Waals surface area contributed by atoms with Crippen LogP contribution in [-0.4, -0.2) is 36.1 Å². The van der Waals surface area contributed by atoms with E-state index in [4.69, 9.17) is 4.98 Å². The Kier molecular flexibility index (Phi) is 7.43. The van der Waals surface area contributed by atoms with Crippen molar-refractivity contribution in [3.05, 3.63) is 66.4 Å². The lowest BCUT2D eigenvalue weighted by atomic mass is 10.1. The molecule has 0 aliphatic rings. The van der Waals surface area contributed by atoms with Gasteiger partial charge in [-0.2, -0.15) is 0 Å². The highest BCUT2D eigenvalue weighted by molar-refractivity contribution is 5.94. The third-order valence-corrected chi connectivity index (χ3v) is 4.72. The number of hydrogen-bond donors (Lipinski definition) is 0. The lowest BCUT2D eigenvalue weighted by Gasteiger charge is -2.29. The van der Waals surface area contributed by atoms with Gasteiger partial charge in [0.2, 0.25) is 0 Å². The quantitative estimate of drug-likeness (QED) is 0.552. The number of benzene rings is 2. The van der Waals surface area contributed by atoms with Crippen molar-refractivity contribution in [1.29, 1.82) is 0 Å². The highest BCUT2D eigenvalue weighted by Crippen LogP contribution is 2.32. The molecule has 0 spiro atoms. The van der Waals surface area contributed by atoms with Crippen molar-refractivity contribution in [2.75, 3.05) is 31.1 Å². The molecule has 1 aromatic heterocycles. The van der Waals surface area contributed by atoms with E-state index in [1.165, 1.54) is 16.8 Å². The van der Waals surface area contributed by atoms with Crippen LogP contribution in [0.25, 0.3) is 10.9 Å². The minimum Gasteiger partial charge on any atom is -0.340 e. The van der Waals surface area contributed by atoms with Gasteiger partial charge in [0, 0.05) is 29.9 Å². The van der Waals surface area contributed by atoms with Crippen LogP contribution in [0.1, 0.15) is 19.5 Å². The first-order chi connectivity index (χ1) is 12.2. The average molecular weight is 370 g/mol. The van der Waals surface area contributed by atoms with Crippen LogP contribution in [0.3, 0.4) is 0 Å². The van der Waals surface area contributed by atoms with Gasteiger partial charge in [-0.05, 0) is 44.3 Å². The normalized spacial score (nSPS) is 10.8. The van der Waals surface area contributed by atoms with Crippen molar-refractivity contribution in [2.45, 2.75) is 20.8 Å². The Morgan fingerprint density at radius 1 is 0.846 bits per heavy atom. The van der Waals surface area contributed by atoms with Crippen LogP contribution >= 0.6 is 12.4 Å². The maximum atomic E-state index is 4.70. The number of rotatable bonds is 7. The van der Waals surface area contributed by atoms with Crippen molar-refractivity contribution in [1.82, 2.24) is 9.88 Å². The summed E-state index contributed by atoms with van der Waals surface area (Å²) in [7, 11) is 0. The molecule has 0 N–H and O–H groups in total. The number of likely N-dealkylation sites (N-methyl/N-ethyl adjacent to an activating group) is 1. The molecule has 0 bridgehead atoms. The standard InChI is InChI=1S/C22H27N3.ClH/c1-4-24(5-2)15-16-25(19-11-7-6-8-12-19)22-17-18(3)23-21-14-10-9-13-20(21)22;/h6-14,17H,4-5,15-16H2,1-3H3;1H. The van der Waals surface area contributed by atoms with Gasteiger partial charge in [-0.15, -0.1) is 12.4 Å². The maximum absolute atomic E-state index is 4.70. The van der Waals surface area contributed by atoms with E-state index in [0.717, 1.165) is 37.4 Å². The summed E-state index contributed by atoms with van der Waals surface area (Å²) in [4.78, 5) is 9.59. The summed E-state index contributed by atoms with van der Waals surface area (Å²) in [5, 5.41) is 1.21. The fourth-order valence-electron chi connectivity index (χ4n) is 3.29. The molecule has 0 fully saturated rings. The van der Waals surface area contributed by atoms with Crippen molar-refractivity contribution >= 4 is 34.7 Å². The third kappa shape index (κ3) is 4.54. The van der Waals surface area contributed by atoms with Gasteiger partial charge >= 0.3 is 0 Å². The SMILES string of the molecule is CCN(CC)CCN(c1ccccc1)c1cc(C)nc2ccccc12.Cl. The Morgan fingerprint density at radius 2 is 1.50 bits per heavy atom. The molecule has 0 amide bonds. The Hall–Kier alpha value is -2.10. The smallest absolute Gasteiger partial charge is 0.0726 e. The number of aryl methyl sites for hydroxylation is 1. The monoisotopic (exact) mass is 369 g/mol. The number of fused-ring (bicyclic) bond motifs is 1. The van der Waals surface area contributed by atoms with Crippen LogP contribution in [0.2, 0.25) is 0 Å². The van der Waals surface area contributed by atoms with Gasteiger partial charge in [0.15, 0.2) is 0 Å². The highest BCUT2D eigenvalue weighted by Gasteiger charge is 2.14. The van der Waals surface area contributed by atoms with Crippen LogP contribution in [-0.2, 0) is 0 Å². The molecule has 0 saturated carbocycles. The number of nitrogens with zero attached hydrogens (tertiary/aromatic N) is 3. The molecule has 1 heterocycles. The number of halogens is 1. The second-order valence-corrected chi connectivity index (χ2v) is 6.31. The van der Waals surface area contributed by atoms with Crippen molar-refractivity contribution in [3.8, 4) is 0 Å². The summed E-state index contributed by atoms with van der Waals surface area (Å²) in [6.45, 7) is 10.7. The van der Waals surface area contributed by atoms with Gasteiger partial charge in [0.1, 0.15) is 0 Å². The molecular weight excluding hydrogens is 342 g/mol. The van der Waals surface area contributed by atoms with E-state index in [2.05, 4.69) is 91.2 Å². The summed E-state index contributed by atoms with van der Waals surface area (Å²) in [6, 6.07) is 21.3. The van der Waals surface area contributed by atoms with Crippen molar-refractivity contribution in [3.63, 3.8) is 0 Å². The minimum absolute atomic E-state index is 0. The van der Waals surface area contributed by atoms with E-state index in [-0.39, 0.29) is 12.4 Å². The minimum atomic E-state index is 0. The third-order valence-electron chi connectivity index (χ3n) is 4.72. The van der Waals surface area contributed by atoms with Gasteiger partial charge < -0.3 is 9.80 Å². The van der Waals surface area contributed by atoms with E-state index >= 15 is 0 Å². The Bertz CT molecular complexity index is 816. The predicted octanol–water partition coefficient (Wildman–Crippen LogP) is 5.44. The van der Waals surface area contributed by atoms with Gasteiger partial charge in [0.05, 0.1) is 11.2 Å². The van der Waals surface area contributed by atoms with E-state index in [0.29, 0.717) is 0 Å². The summed E-state index contributed by atoms with van der Waals surface area (Å²) in [5.74, 6) is 0. The van der Waals surface area contributed by atoms with Crippen LogP contribution in [0.5, 0.6) is 0 Å². The summed E-state index contributed by atoms with van der Waals surface area (Å²) in [5.41, 5.74) is 4.57. The maximum Gasteiger partial charge on any atom is 0.0726 e. The summed E-state index contributed by atoms with van der Waals surface area (Å²) >= 11 is 0.